The second kappa shape index (κ2) is 4.85. The van der Waals surface area contributed by atoms with E-state index >= 15 is 0 Å². The van der Waals surface area contributed by atoms with Crippen molar-refractivity contribution in [2.45, 2.75) is 6.42 Å². The highest BCUT2D eigenvalue weighted by Gasteiger charge is 2.20. The van der Waals surface area contributed by atoms with Gasteiger partial charge in [0.15, 0.2) is 0 Å². The zero-order chi connectivity index (χ0) is 14.1. The van der Waals surface area contributed by atoms with E-state index in [-0.39, 0.29) is 0 Å². The van der Waals surface area contributed by atoms with E-state index in [1.54, 1.807) is 11.6 Å². The van der Waals surface area contributed by atoms with Gasteiger partial charge in [-0.2, -0.15) is 0 Å². The molecule has 0 aliphatic carbocycles. The molecule has 20 heavy (non-hydrogen) atoms. The first kappa shape index (κ1) is 12.5. The Morgan fingerprint density at radius 1 is 1.05 bits per heavy atom. The SMILES string of the molecule is Cn1c(C(=O)O)c(Cc2ccccc2)c2ccccc21. The number of benzene rings is 2. The molecular formula is C17H15NO2. The van der Waals surface area contributed by atoms with Gasteiger partial charge in [-0.15, -0.1) is 0 Å². The van der Waals surface area contributed by atoms with Crippen molar-refractivity contribution in [1.82, 2.24) is 4.57 Å². The molecule has 100 valence electrons. The minimum atomic E-state index is -0.880. The lowest BCUT2D eigenvalue weighted by atomic mass is 10.0. The third-order valence-electron chi connectivity index (χ3n) is 3.64. The smallest absolute Gasteiger partial charge is 0.352 e. The number of aromatic nitrogens is 1. The molecule has 0 amide bonds. The molecule has 0 bridgehead atoms. The number of hydrogen-bond donors (Lipinski definition) is 1. The van der Waals surface area contributed by atoms with Crippen molar-refractivity contribution in [3.63, 3.8) is 0 Å². The predicted molar refractivity (Wildman–Crippen MR) is 79.1 cm³/mol. The summed E-state index contributed by atoms with van der Waals surface area (Å²) in [5.41, 5.74) is 3.32. The van der Waals surface area contributed by atoms with Crippen LogP contribution in [0.5, 0.6) is 0 Å². The van der Waals surface area contributed by atoms with Gasteiger partial charge in [0.2, 0.25) is 0 Å². The van der Waals surface area contributed by atoms with E-state index in [2.05, 4.69) is 0 Å². The molecule has 0 radical (unpaired) electrons. The molecule has 3 nitrogen and oxygen atoms in total. The van der Waals surface area contributed by atoms with Crippen LogP contribution in [0.25, 0.3) is 10.9 Å². The zero-order valence-corrected chi connectivity index (χ0v) is 11.2. The van der Waals surface area contributed by atoms with Gasteiger partial charge in [-0.25, -0.2) is 4.79 Å². The molecule has 0 atom stereocenters. The standard InChI is InChI=1S/C17H15NO2/c1-18-15-10-6-5-9-13(15)14(16(18)17(19)20)11-12-7-3-2-4-8-12/h2-10H,11H2,1H3,(H,19,20). The van der Waals surface area contributed by atoms with Crippen molar-refractivity contribution < 1.29 is 9.90 Å². The van der Waals surface area contributed by atoms with Crippen molar-refractivity contribution in [2.24, 2.45) is 7.05 Å². The Bertz CT molecular complexity index is 772. The molecular weight excluding hydrogens is 250 g/mol. The van der Waals surface area contributed by atoms with E-state index in [1.165, 1.54) is 0 Å². The van der Waals surface area contributed by atoms with Crippen LogP contribution in [0.1, 0.15) is 21.6 Å². The van der Waals surface area contributed by atoms with Crippen LogP contribution in [0.2, 0.25) is 0 Å². The van der Waals surface area contributed by atoms with Gasteiger partial charge in [0.25, 0.3) is 0 Å². The highest BCUT2D eigenvalue weighted by molar-refractivity contribution is 5.98. The number of aryl methyl sites for hydroxylation is 1. The second-order valence-electron chi connectivity index (χ2n) is 4.87. The molecule has 0 aliphatic rings. The number of nitrogens with zero attached hydrogens (tertiary/aromatic N) is 1. The Morgan fingerprint density at radius 2 is 1.70 bits per heavy atom. The highest BCUT2D eigenvalue weighted by Crippen LogP contribution is 2.27. The minimum Gasteiger partial charge on any atom is -0.477 e. The fourth-order valence-electron chi connectivity index (χ4n) is 2.72. The molecule has 2 aromatic carbocycles. The van der Waals surface area contributed by atoms with Crippen molar-refractivity contribution in [2.75, 3.05) is 0 Å². The summed E-state index contributed by atoms with van der Waals surface area (Å²) in [6.45, 7) is 0. The molecule has 1 N–H and O–H groups in total. The maximum Gasteiger partial charge on any atom is 0.352 e. The topological polar surface area (TPSA) is 42.2 Å². The number of hydrogen-bond acceptors (Lipinski definition) is 1. The largest absolute Gasteiger partial charge is 0.477 e. The highest BCUT2D eigenvalue weighted by atomic mass is 16.4. The number of carboxylic acid groups (broad SMARTS) is 1. The number of carboxylic acids is 1. The average molecular weight is 265 g/mol. The van der Waals surface area contributed by atoms with E-state index in [0.29, 0.717) is 12.1 Å². The van der Waals surface area contributed by atoms with Gasteiger partial charge < -0.3 is 9.67 Å². The van der Waals surface area contributed by atoms with E-state index in [4.69, 9.17) is 0 Å². The van der Waals surface area contributed by atoms with Gasteiger partial charge in [0.05, 0.1) is 0 Å². The van der Waals surface area contributed by atoms with Crippen LogP contribution in [0.15, 0.2) is 54.6 Å². The first-order chi connectivity index (χ1) is 9.68. The maximum absolute atomic E-state index is 11.6. The normalized spacial score (nSPS) is 10.8. The van der Waals surface area contributed by atoms with E-state index in [0.717, 1.165) is 22.0 Å². The van der Waals surface area contributed by atoms with Gasteiger partial charge in [-0.1, -0.05) is 48.5 Å². The summed E-state index contributed by atoms with van der Waals surface area (Å²) in [7, 11) is 1.81. The third kappa shape index (κ3) is 1.97. The summed E-state index contributed by atoms with van der Waals surface area (Å²) in [5, 5.41) is 10.5. The molecule has 0 saturated carbocycles. The Labute approximate surface area is 117 Å². The number of fused-ring (bicyclic) bond motifs is 1. The fourth-order valence-corrected chi connectivity index (χ4v) is 2.72. The molecule has 0 saturated heterocycles. The van der Waals surface area contributed by atoms with Crippen LogP contribution in [0.4, 0.5) is 0 Å². The van der Waals surface area contributed by atoms with E-state index in [9.17, 15) is 9.90 Å². The van der Waals surface area contributed by atoms with Crippen LogP contribution in [-0.4, -0.2) is 15.6 Å². The average Bonchev–Trinajstić information content (AvgIpc) is 2.74. The van der Waals surface area contributed by atoms with Crippen LogP contribution < -0.4 is 0 Å². The lowest BCUT2D eigenvalue weighted by molar-refractivity contribution is 0.0686. The number of para-hydroxylation sites is 1. The first-order valence-electron chi connectivity index (χ1n) is 6.52. The van der Waals surface area contributed by atoms with Crippen LogP contribution in [0.3, 0.4) is 0 Å². The van der Waals surface area contributed by atoms with Gasteiger partial charge in [-0.3, -0.25) is 0 Å². The van der Waals surface area contributed by atoms with Gasteiger partial charge in [0.1, 0.15) is 5.69 Å². The lowest BCUT2D eigenvalue weighted by Gasteiger charge is -2.03. The predicted octanol–water partition coefficient (Wildman–Crippen LogP) is 3.47. The fraction of sp³-hybridized carbons (Fsp3) is 0.118. The quantitative estimate of drug-likeness (QED) is 0.788. The molecule has 0 unspecified atom stereocenters. The minimum absolute atomic E-state index is 0.370. The number of rotatable bonds is 3. The van der Waals surface area contributed by atoms with Gasteiger partial charge >= 0.3 is 5.97 Å². The number of aromatic carboxylic acids is 1. The Morgan fingerprint density at radius 3 is 2.40 bits per heavy atom. The molecule has 1 aromatic heterocycles. The molecule has 0 spiro atoms. The van der Waals surface area contributed by atoms with Crippen molar-refractivity contribution in [1.29, 1.82) is 0 Å². The van der Waals surface area contributed by atoms with Crippen molar-refractivity contribution in [3.05, 3.63) is 71.4 Å². The zero-order valence-electron chi connectivity index (χ0n) is 11.2. The van der Waals surface area contributed by atoms with Crippen molar-refractivity contribution >= 4 is 16.9 Å². The van der Waals surface area contributed by atoms with Crippen LogP contribution in [-0.2, 0) is 13.5 Å². The molecule has 3 rings (SSSR count). The van der Waals surface area contributed by atoms with E-state index < -0.39 is 5.97 Å². The number of carbonyl (C=O) groups is 1. The molecule has 3 aromatic rings. The molecule has 1 heterocycles. The molecule has 3 heteroatoms. The molecule has 0 aliphatic heterocycles. The van der Waals surface area contributed by atoms with Gasteiger partial charge in [0, 0.05) is 24.4 Å². The Balaban J connectivity index is 2.22. The maximum atomic E-state index is 11.6. The summed E-state index contributed by atoms with van der Waals surface area (Å²) < 4.78 is 1.76. The van der Waals surface area contributed by atoms with E-state index in [1.807, 2.05) is 54.6 Å². The van der Waals surface area contributed by atoms with Gasteiger partial charge in [-0.05, 0) is 17.2 Å². The first-order valence-corrected chi connectivity index (χ1v) is 6.52. The summed E-state index contributed by atoms with van der Waals surface area (Å²) >= 11 is 0. The summed E-state index contributed by atoms with van der Waals surface area (Å²) in [5.74, 6) is -0.880. The second-order valence-corrected chi connectivity index (χ2v) is 4.87. The lowest BCUT2D eigenvalue weighted by Crippen LogP contribution is -2.07. The van der Waals surface area contributed by atoms with Crippen molar-refractivity contribution in [3.8, 4) is 0 Å². The summed E-state index contributed by atoms with van der Waals surface area (Å²) in [4.78, 5) is 11.6. The Hall–Kier alpha value is -2.55. The molecule has 0 fully saturated rings. The summed E-state index contributed by atoms with van der Waals surface area (Å²) in [6.07, 6.45) is 0.629. The monoisotopic (exact) mass is 265 g/mol. The van der Waals surface area contributed by atoms with Crippen LogP contribution in [0, 0.1) is 0 Å². The Kier molecular flexibility index (Phi) is 3.03. The third-order valence-corrected chi connectivity index (χ3v) is 3.64. The van der Waals surface area contributed by atoms with Crippen LogP contribution >= 0.6 is 0 Å². The summed E-state index contributed by atoms with van der Waals surface area (Å²) in [6, 6.07) is 17.8.